The number of hydrogen-bond donors (Lipinski definition) is 1. The Balaban J connectivity index is 2.14. The average molecular weight is 252 g/mol. The minimum Gasteiger partial charge on any atom is -0.339 e. The van der Waals surface area contributed by atoms with Gasteiger partial charge in [-0.25, -0.2) is 4.98 Å². The smallest absolute Gasteiger partial charge is 0.233 e. The molecule has 0 amide bonds. The second kappa shape index (κ2) is 4.54. The van der Waals surface area contributed by atoms with Gasteiger partial charge in [0.05, 0.1) is 11.8 Å². The predicted octanol–water partition coefficient (Wildman–Crippen LogP) is 1.66. The molecule has 0 aromatic carbocycles. The van der Waals surface area contributed by atoms with Gasteiger partial charge in [0.25, 0.3) is 0 Å². The van der Waals surface area contributed by atoms with Crippen molar-refractivity contribution in [1.82, 2.24) is 15.1 Å². The lowest BCUT2D eigenvalue weighted by Gasteiger charge is -2.15. The zero-order chi connectivity index (χ0) is 12.5. The molecule has 92 valence electrons. The first kappa shape index (κ1) is 12.2. The monoisotopic (exact) mass is 252 g/mol. The second-order valence-corrected chi connectivity index (χ2v) is 5.61. The summed E-state index contributed by atoms with van der Waals surface area (Å²) in [4.78, 5) is 8.74. The summed E-state index contributed by atoms with van der Waals surface area (Å²) in [6, 6.07) is 0. The van der Waals surface area contributed by atoms with E-state index in [1.165, 1.54) is 0 Å². The van der Waals surface area contributed by atoms with Crippen LogP contribution in [0, 0.1) is 6.92 Å². The molecule has 0 saturated carbocycles. The highest BCUT2D eigenvalue weighted by Gasteiger charge is 2.26. The van der Waals surface area contributed by atoms with E-state index < -0.39 is 0 Å². The number of nitrogens with zero attached hydrogens (tertiary/aromatic N) is 3. The summed E-state index contributed by atoms with van der Waals surface area (Å²) >= 11 is 1.61. The summed E-state index contributed by atoms with van der Waals surface area (Å²) in [6.45, 7) is 6.42. The van der Waals surface area contributed by atoms with Gasteiger partial charge in [-0.3, -0.25) is 0 Å². The third kappa shape index (κ3) is 2.70. The maximum atomic E-state index is 5.67. The first-order valence-corrected chi connectivity index (χ1v) is 6.33. The van der Waals surface area contributed by atoms with Crippen LogP contribution in [0.2, 0.25) is 0 Å². The predicted molar refractivity (Wildman–Crippen MR) is 66.0 cm³/mol. The van der Waals surface area contributed by atoms with Crippen molar-refractivity contribution in [3.8, 4) is 0 Å². The molecule has 0 aliphatic heterocycles. The van der Waals surface area contributed by atoms with Gasteiger partial charge in [0.1, 0.15) is 5.01 Å². The molecule has 5 nitrogen and oxygen atoms in total. The van der Waals surface area contributed by atoms with Gasteiger partial charge in [0.15, 0.2) is 5.82 Å². The van der Waals surface area contributed by atoms with E-state index in [0.717, 1.165) is 10.7 Å². The largest absolute Gasteiger partial charge is 0.339 e. The van der Waals surface area contributed by atoms with Gasteiger partial charge in [0.2, 0.25) is 5.89 Å². The highest BCUT2D eigenvalue weighted by molar-refractivity contribution is 7.09. The van der Waals surface area contributed by atoms with Crippen LogP contribution in [0.4, 0.5) is 0 Å². The van der Waals surface area contributed by atoms with E-state index in [1.807, 2.05) is 26.2 Å². The van der Waals surface area contributed by atoms with Crippen LogP contribution in [0.25, 0.3) is 0 Å². The van der Waals surface area contributed by atoms with E-state index in [2.05, 4.69) is 15.1 Å². The molecule has 0 saturated heterocycles. The van der Waals surface area contributed by atoms with Crippen molar-refractivity contribution in [1.29, 1.82) is 0 Å². The molecule has 6 heteroatoms. The van der Waals surface area contributed by atoms with E-state index in [0.29, 0.717) is 24.7 Å². The number of aryl methyl sites for hydroxylation is 1. The fourth-order valence-corrected chi connectivity index (χ4v) is 2.08. The standard InChI is InChI=1S/C11H16N4OS/c1-7-5-17-9(13-7)4-8-14-10(16-15-8)11(2,3)6-12/h5H,4,6,12H2,1-3H3. The van der Waals surface area contributed by atoms with E-state index in [9.17, 15) is 0 Å². The number of aromatic nitrogens is 3. The number of thiazole rings is 1. The Morgan fingerprint density at radius 1 is 1.41 bits per heavy atom. The lowest BCUT2D eigenvalue weighted by molar-refractivity contribution is 0.309. The molecule has 0 fully saturated rings. The van der Waals surface area contributed by atoms with Crippen LogP contribution in [0.1, 0.15) is 36.3 Å². The summed E-state index contributed by atoms with van der Waals surface area (Å²) in [5, 5.41) is 6.97. The van der Waals surface area contributed by atoms with Crippen molar-refractivity contribution in [2.45, 2.75) is 32.6 Å². The van der Waals surface area contributed by atoms with Crippen molar-refractivity contribution in [2.24, 2.45) is 5.73 Å². The SMILES string of the molecule is Cc1csc(Cc2noc(C(C)(C)CN)n2)n1. The Morgan fingerprint density at radius 3 is 2.76 bits per heavy atom. The third-order valence-corrected chi connectivity index (χ3v) is 3.50. The van der Waals surface area contributed by atoms with Gasteiger partial charge in [-0.1, -0.05) is 5.16 Å². The topological polar surface area (TPSA) is 77.8 Å². The first-order chi connectivity index (χ1) is 8.01. The Kier molecular flexibility index (Phi) is 3.26. The minimum atomic E-state index is -0.274. The van der Waals surface area contributed by atoms with E-state index in [-0.39, 0.29) is 5.41 Å². The van der Waals surface area contributed by atoms with Gasteiger partial charge < -0.3 is 10.3 Å². The van der Waals surface area contributed by atoms with Crippen LogP contribution < -0.4 is 5.73 Å². The molecule has 0 atom stereocenters. The summed E-state index contributed by atoms with van der Waals surface area (Å²) in [6.07, 6.45) is 0.614. The maximum Gasteiger partial charge on any atom is 0.233 e. The summed E-state index contributed by atoms with van der Waals surface area (Å²) in [5.74, 6) is 1.25. The summed E-state index contributed by atoms with van der Waals surface area (Å²) in [7, 11) is 0. The summed E-state index contributed by atoms with van der Waals surface area (Å²) < 4.78 is 5.24. The van der Waals surface area contributed by atoms with E-state index in [1.54, 1.807) is 11.3 Å². The Hall–Kier alpha value is -1.27. The normalized spacial score (nSPS) is 12.0. The molecule has 2 heterocycles. The van der Waals surface area contributed by atoms with Crippen molar-refractivity contribution in [2.75, 3.05) is 6.54 Å². The van der Waals surface area contributed by atoms with Gasteiger partial charge in [0, 0.05) is 17.6 Å². The molecule has 0 aliphatic rings. The molecule has 0 aliphatic carbocycles. The van der Waals surface area contributed by atoms with Crippen molar-refractivity contribution in [3.63, 3.8) is 0 Å². The lowest BCUT2D eigenvalue weighted by Crippen LogP contribution is -2.28. The fraction of sp³-hybridized carbons (Fsp3) is 0.545. The summed E-state index contributed by atoms with van der Waals surface area (Å²) in [5.41, 5.74) is 6.42. The van der Waals surface area contributed by atoms with Crippen molar-refractivity contribution >= 4 is 11.3 Å². The third-order valence-electron chi connectivity index (χ3n) is 2.53. The number of hydrogen-bond acceptors (Lipinski definition) is 6. The Bertz CT molecular complexity index is 503. The molecular weight excluding hydrogens is 236 g/mol. The van der Waals surface area contributed by atoms with Crippen LogP contribution in [-0.2, 0) is 11.8 Å². The average Bonchev–Trinajstić information content (AvgIpc) is 2.89. The van der Waals surface area contributed by atoms with Gasteiger partial charge >= 0.3 is 0 Å². The minimum absolute atomic E-state index is 0.274. The molecule has 17 heavy (non-hydrogen) atoms. The van der Waals surface area contributed by atoms with Crippen LogP contribution in [0.3, 0.4) is 0 Å². The molecule has 0 unspecified atom stereocenters. The molecule has 2 aromatic rings. The molecule has 2 rings (SSSR count). The van der Waals surface area contributed by atoms with Crippen LogP contribution >= 0.6 is 11.3 Å². The van der Waals surface area contributed by atoms with Crippen molar-refractivity contribution in [3.05, 3.63) is 27.8 Å². The maximum absolute atomic E-state index is 5.67. The Morgan fingerprint density at radius 2 is 2.18 bits per heavy atom. The molecule has 0 radical (unpaired) electrons. The highest BCUT2D eigenvalue weighted by Crippen LogP contribution is 2.20. The molecule has 0 bridgehead atoms. The first-order valence-electron chi connectivity index (χ1n) is 5.45. The van der Waals surface area contributed by atoms with Crippen molar-refractivity contribution < 1.29 is 4.52 Å². The fourth-order valence-electron chi connectivity index (χ4n) is 1.31. The van der Waals surface area contributed by atoms with Gasteiger partial charge in [-0.15, -0.1) is 11.3 Å². The Labute approximate surface area is 104 Å². The number of nitrogens with two attached hydrogens (primary N) is 1. The van der Waals surface area contributed by atoms with Crippen LogP contribution in [0.15, 0.2) is 9.90 Å². The van der Waals surface area contributed by atoms with E-state index in [4.69, 9.17) is 10.3 Å². The number of rotatable bonds is 4. The van der Waals surface area contributed by atoms with Gasteiger partial charge in [-0.2, -0.15) is 4.98 Å². The quantitative estimate of drug-likeness (QED) is 0.895. The van der Waals surface area contributed by atoms with Gasteiger partial charge in [-0.05, 0) is 20.8 Å². The van der Waals surface area contributed by atoms with E-state index >= 15 is 0 Å². The van der Waals surface area contributed by atoms with Crippen LogP contribution in [0.5, 0.6) is 0 Å². The zero-order valence-corrected chi connectivity index (χ0v) is 11.0. The highest BCUT2D eigenvalue weighted by atomic mass is 32.1. The second-order valence-electron chi connectivity index (χ2n) is 4.66. The van der Waals surface area contributed by atoms with Crippen LogP contribution in [-0.4, -0.2) is 21.7 Å². The molecule has 2 N–H and O–H groups in total. The molecular formula is C11H16N4OS. The molecule has 0 spiro atoms. The molecule has 2 aromatic heterocycles. The zero-order valence-electron chi connectivity index (χ0n) is 10.2. The lowest BCUT2D eigenvalue weighted by atomic mass is 9.94.